The number of aromatic hydroxyl groups is 1. The lowest BCUT2D eigenvalue weighted by Gasteiger charge is -2.29. The van der Waals surface area contributed by atoms with E-state index in [1.807, 2.05) is 13.8 Å². The van der Waals surface area contributed by atoms with Crippen molar-refractivity contribution in [2.75, 3.05) is 33.2 Å². The molecule has 1 unspecified atom stereocenters. The van der Waals surface area contributed by atoms with Crippen molar-refractivity contribution >= 4 is 17.7 Å². The van der Waals surface area contributed by atoms with Crippen molar-refractivity contribution in [3.63, 3.8) is 0 Å². The molecule has 3 amide bonds. The number of nitrogens with zero attached hydrogens (tertiary/aromatic N) is 3. The van der Waals surface area contributed by atoms with E-state index in [4.69, 9.17) is 0 Å². The summed E-state index contributed by atoms with van der Waals surface area (Å²) in [5.41, 5.74) is 0.189. The number of amides is 3. The molecule has 1 aliphatic heterocycles. The van der Waals surface area contributed by atoms with Crippen LogP contribution in [0.4, 0.5) is 0 Å². The summed E-state index contributed by atoms with van der Waals surface area (Å²) in [4.78, 5) is 42.3. The summed E-state index contributed by atoms with van der Waals surface area (Å²) < 4.78 is 0. The summed E-state index contributed by atoms with van der Waals surface area (Å²) in [7, 11) is 1.59. The van der Waals surface area contributed by atoms with Crippen LogP contribution in [0, 0.1) is 0 Å². The quantitative estimate of drug-likeness (QED) is 0.829. The Bertz CT molecular complexity index is 673. The summed E-state index contributed by atoms with van der Waals surface area (Å²) >= 11 is 0. The van der Waals surface area contributed by atoms with Gasteiger partial charge in [0.15, 0.2) is 0 Å². The minimum absolute atomic E-state index is 0.00433. The molecule has 1 atom stereocenters. The summed E-state index contributed by atoms with van der Waals surface area (Å²) in [5.74, 6) is -0.808. The first-order valence-corrected chi connectivity index (χ1v) is 9.02. The number of phenols is 1. The van der Waals surface area contributed by atoms with Crippen LogP contribution in [0.5, 0.6) is 5.75 Å². The van der Waals surface area contributed by atoms with Gasteiger partial charge in [-0.3, -0.25) is 14.4 Å². The van der Waals surface area contributed by atoms with Gasteiger partial charge in [0, 0.05) is 26.7 Å². The summed E-state index contributed by atoms with van der Waals surface area (Å²) in [6.07, 6.45) is 1.27. The van der Waals surface area contributed by atoms with E-state index in [0.29, 0.717) is 32.5 Å². The van der Waals surface area contributed by atoms with Gasteiger partial charge < -0.3 is 19.8 Å². The normalized spacial score (nSPS) is 16.4. The lowest BCUT2D eigenvalue weighted by Crippen LogP contribution is -2.49. The third-order valence-corrected chi connectivity index (χ3v) is 4.80. The maximum absolute atomic E-state index is 12.8. The van der Waals surface area contributed by atoms with Gasteiger partial charge in [0.25, 0.3) is 5.91 Å². The first-order chi connectivity index (χ1) is 12.4. The van der Waals surface area contributed by atoms with E-state index in [1.165, 1.54) is 15.9 Å². The largest absolute Gasteiger partial charge is 0.507 e. The minimum atomic E-state index is -0.600. The second-order valence-electron chi connectivity index (χ2n) is 6.43. The zero-order chi connectivity index (χ0) is 19.3. The van der Waals surface area contributed by atoms with E-state index in [1.54, 1.807) is 30.1 Å². The highest BCUT2D eigenvalue weighted by molar-refractivity contribution is 6.00. The molecule has 26 heavy (non-hydrogen) atoms. The van der Waals surface area contributed by atoms with Crippen LogP contribution in [0.2, 0.25) is 0 Å². The summed E-state index contributed by atoms with van der Waals surface area (Å²) in [5, 5.41) is 9.92. The molecule has 1 aromatic carbocycles. The van der Waals surface area contributed by atoms with Crippen LogP contribution in [0.15, 0.2) is 24.3 Å². The van der Waals surface area contributed by atoms with Crippen LogP contribution in [0.25, 0.3) is 0 Å². The maximum Gasteiger partial charge on any atom is 0.258 e. The van der Waals surface area contributed by atoms with E-state index >= 15 is 0 Å². The molecule has 1 aliphatic rings. The van der Waals surface area contributed by atoms with Gasteiger partial charge in [-0.05, 0) is 38.8 Å². The predicted octanol–water partition coefficient (Wildman–Crippen LogP) is 1.32. The molecule has 0 aromatic heterocycles. The van der Waals surface area contributed by atoms with E-state index in [9.17, 15) is 19.5 Å². The third kappa shape index (κ3) is 4.15. The minimum Gasteiger partial charge on any atom is -0.507 e. The fraction of sp³-hybridized carbons (Fsp3) is 0.526. The molecule has 1 aromatic rings. The van der Waals surface area contributed by atoms with Gasteiger partial charge in [0.1, 0.15) is 11.8 Å². The number of phenolic OH excluding ortho intramolecular Hbond substituents is 1. The van der Waals surface area contributed by atoms with Gasteiger partial charge in [-0.2, -0.15) is 0 Å². The number of hydrogen-bond acceptors (Lipinski definition) is 4. The number of carbonyl (C=O) groups is 3. The Balaban J connectivity index is 2.09. The zero-order valence-electron chi connectivity index (χ0n) is 15.6. The Labute approximate surface area is 154 Å². The molecular weight excluding hydrogens is 334 g/mol. The topological polar surface area (TPSA) is 81.2 Å². The highest BCUT2D eigenvalue weighted by Gasteiger charge is 2.37. The van der Waals surface area contributed by atoms with Crippen molar-refractivity contribution in [1.82, 2.24) is 14.7 Å². The van der Waals surface area contributed by atoms with E-state index in [-0.39, 0.29) is 35.6 Å². The second kappa shape index (κ2) is 8.69. The molecular formula is C19H27N3O4. The van der Waals surface area contributed by atoms with Gasteiger partial charge in [0.2, 0.25) is 11.8 Å². The van der Waals surface area contributed by atoms with Crippen LogP contribution in [0.3, 0.4) is 0 Å². The third-order valence-electron chi connectivity index (χ3n) is 4.80. The highest BCUT2D eigenvalue weighted by atomic mass is 16.3. The molecule has 0 bridgehead atoms. The van der Waals surface area contributed by atoms with Crippen LogP contribution in [0.1, 0.15) is 37.0 Å². The van der Waals surface area contributed by atoms with Crippen molar-refractivity contribution in [3.8, 4) is 5.75 Å². The van der Waals surface area contributed by atoms with E-state index < -0.39 is 6.04 Å². The lowest BCUT2D eigenvalue weighted by molar-refractivity contribution is -0.141. The number of benzene rings is 1. The molecule has 0 spiro atoms. The van der Waals surface area contributed by atoms with Crippen LogP contribution in [-0.4, -0.2) is 76.8 Å². The highest BCUT2D eigenvalue weighted by Crippen LogP contribution is 2.25. The monoisotopic (exact) mass is 361 g/mol. The standard InChI is InChI=1S/C19H27N3O4/c1-4-21(5-2)17(24)13-20(3)19(26)15-10-8-12-22(15)18(25)14-9-6-7-11-16(14)23/h6-7,9,11,15,23H,4-5,8,10,12-13H2,1-3H3. The van der Waals surface area contributed by atoms with Crippen molar-refractivity contribution in [3.05, 3.63) is 29.8 Å². The number of para-hydroxylation sites is 1. The van der Waals surface area contributed by atoms with Crippen molar-refractivity contribution in [1.29, 1.82) is 0 Å². The average molecular weight is 361 g/mol. The van der Waals surface area contributed by atoms with Gasteiger partial charge in [-0.25, -0.2) is 0 Å². The van der Waals surface area contributed by atoms with E-state index in [2.05, 4.69) is 0 Å². The SMILES string of the molecule is CCN(CC)C(=O)CN(C)C(=O)C1CCCN1C(=O)c1ccccc1O. The Morgan fingerprint density at radius 1 is 1.19 bits per heavy atom. The fourth-order valence-corrected chi connectivity index (χ4v) is 3.29. The molecule has 0 radical (unpaired) electrons. The Hall–Kier alpha value is -2.57. The van der Waals surface area contributed by atoms with Crippen LogP contribution in [-0.2, 0) is 9.59 Å². The fourth-order valence-electron chi connectivity index (χ4n) is 3.29. The second-order valence-corrected chi connectivity index (χ2v) is 6.43. The molecule has 1 fully saturated rings. The van der Waals surface area contributed by atoms with Crippen LogP contribution < -0.4 is 0 Å². The number of hydrogen-bond donors (Lipinski definition) is 1. The number of likely N-dealkylation sites (tertiary alicyclic amines) is 1. The zero-order valence-corrected chi connectivity index (χ0v) is 15.6. The van der Waals surface area contributed by atoms with Gasteiger partial charge in [-0.15, -0.1) is 0 Å². The molecule has 0 saturated carbocycles. The number of carbonyl (C=O) groups excluding carboxylic acids is 3. The van der Waals surface area contributed by atoms with E-state index in [0.717, 1.165) is 0 Å². The molecule has 142 valence electrons. The van der Waals surface area contributed by atoms with Crippen LogP contribution >= 0.6 is 0 Å². The molecule has 1 saturated heterocycles. The average Bonchev–Trinajstić information content (AvgIpc) is 3.11. The Kier molecular flexibility index (Phi) is 6.60. The summed E-state index contributed by atoms with van der Waals surface area (Å²) in [6, 6.07) is 5.72. The maximum atomic E-state index is 12.8. The molecule has 2 rings (SSSR count). The van der Waals surface area contributed by atoms with Crippen molar-refractivity contribution in [2.45, 2.75) is 32.7 Å². The Morgan fingerprint density at radius 2 is 1.85 bits per heavy atom. The molecule has 1 heterocycles. The number of rotatable bonds is 6. The molecule has 0 aliphatic carbocycles. The smallest absolute Gasteiger partial charge is 0.258 e. The Morgan fingerprint density at radius 3 is 2.46 bits per heavy atom. The lowest BCUT2D eigenvalue weighted by atomic mass is 10.1. The summed E-state index contributed by atoms with van der Waals surface area (Å²) in [6.45, 7) is 5.44. The first kappa shape index (κ1) is 19.8. The van der Waals surface area contributed by atoms with Gasteiger partial charge >= 0.3 is 0 Å². The molecule has 7 nitrogen and oxygen atoms in total. The first-order valence-electron chi connectivity index (χ1n) is 9.02. The van der Waals surface area contributed by atoms with Crippen molar-refractivity contribution in [2.24, 2.45) is 0 Å². The number of likely N-dealkylation sites (N-methyl/N-ethyl adjacent to an activating group) is 2. The molecule has 1 N–H and O–H groups in total. The van der Waals surface area contributed by atoms with Gasteiger partial charge in [-0.1, -0.05) is 12.1 Å². The van der Waals surface area contributed by atoms with Gasteiger partial charge in [0.05, 0.1) is 12.1 Å². The predicted molar refractivity (Wildman–Crippen MR) is 97.7 cm³/mol. The molecule has 7 heteroatoms. The van der Waals surface area contributed by atoms with Crippen molar-refractivity contribution < 1.29 is 19.5 Å².